The molecular weight excluding hydrogens is 312 g/mol. The maximum absolute atomic E-state index is 12.7. The molecule has 0 spiro atoms. The van der Waals surface area contributed by atoms with Gasteiger partial charge < -0.3 is 0 Å². The Hall–Kier alpha value is -0.490. The first kappa shape index (κ1) is 10.0. The van der Waals surface area contributed by atoms with E-state index in [9.17, 15) is 4.39 Å². The highest BCUT2D eigenvalue weighted by Gasteiger charge is 2.03. The fourth-order valence-electron chi connectivity index (χ4n) is 1.12. The molecular formula is C10H7FINS. The van der Waals surface area contributed by atoms with Crippen molar-refractivity contribution in [2.45, 2.75) is 4.43 Å². The van der Waals surface area contributed by atoms with Crippen LogP contribution < -0.4 is 0 Å². The van der Waals surface area contributed by atoms with E-state index < -0.39 is 0 Å². The molecule has 1 heterocycles. The van der Waals surface area contributed by atoms with Gasteiger partial charge in [-0.25, -0.2) is 4.98 Å². The van der Waals surface area contributed by atoms with E-state index in [-0.39, 0.29) is 5.13 Å². The van der Waals surface area contributed by atoms with Crippen LogP contribution >= 0.6 is 33.9 Å². The maximum Gasteiger partial charge on any atom is 0.196 e. The van der Waals surface area contributed by atoms with Crippen molar-refractivity contribution in [1.82, 2.24) is 4.98 Å². The van der Waals surface area contributed by atoms with E-state index in [4.69, 9.17) is 0 Å². The van der Waals surface area contributed by atoms with E-state index in [0.29, 0.717) is 0 Å². The van der Waals surface area contributed by atoms with Crippen LogP contribution in [0.4, 0.5) is 4.39 Å². The minimum absolute atomic E-state index is 0.238. The average Bonchev–Trinajstić information content (AvgIpc) is 2.65. The monoisotopic (exact) mass is 319 g/mol. The van der Waals surface area contributed by atoms with Crippen molar-refractivity contribution >= 4 is 33.9 Å². The number of hydrogen-bond acceptors (Lipinski definition) is 2. The number of alkyl halides is 1. The molecule has 0 bridgehead atoms. The van der Waals surface area contributed by atoms with Gasteiger partial charge in [0.15, 0.2) is 5.13 Å². The number of thiazole rings is 1. The van der Waals surface area contributed by atoms with E-state index in [0.717, 1.165) is 26.3 Å². The summed E-state index contributed by atoms with van der Waals surface area (Å²) in [6.07, 6.45) is 1.26. The lowest BCUT2D eigenvalue weighted by molar-refractivity contribution is 0.653. The summed E-state index contributed by atoms with van der Waals surface area (Å²) in [6.45, 7) is 0. The van der Waals surface area contributed by atoms with Crippen molar-refractivity contribution in [3.63, 3.8) is 0 Å². The molecule has 0 aliphatic carbocycles. The summed E-state index contributed by atoms with van der Waals surface area (Å²) in [4.78, 5) is 3.98. The van der Waals surface area contributed by atoms with Gasteiger partial charge in [-0.05, 0) is 5.56 Å². The molecule has 2 rings (SSSR count). The molecule has 0 saturated carbocycles. The van der Waals surface area contributed by atoms with Crippen LogP contribution in [0.3, 0.4) is 0 Å². The van der Waals surface area contributed by atoms with E-state index in [2.05, 4.69) is 27.6 Å². The summed E-state index contributed by atoms with van der Waals surface area (Å²) in [7, 11) is 0. The van der Waals surface area contributed by atoms with Crippen molar-refractivity contribution in [2.75, 3.05) is 0 Å². The second kappa shape index (κ2) is 4.35. The van der Waals surface area contributed by atoms with Crippen LogP contribution in [0, 0.1) is 5.13 Å². The first-order valence-corrected chi connectivity index (χ1v) is 6.40. The zero-order valence-corrected chi connectivity index (χ0v) is 10.2. The smallest absolute Gasteiger partial charge is 0.196 e. The molecule has 0 atom stereocenters. The molecule has 1 aromatic carbocycles. The van der Waals surface area contributed by atoms with Crippen molar-refractivity contribution in [2.24, 2.45) is 0 Å². The van der Waals surface area contributed by atoms with Crippen molar-refractivity contribution in [3.8, 4) is 10.6 Å². The summed E-state index contributed by atoms with van der Waals surface area (Å²) in [5.41, 5.74) is 2.25. The van der Waals surface area contributed by atoms with Gasteiger partial charge in [0, 0.05) is 9.99 Å². The predicted molar refractivity (Wildman–Crippen MR) is 65.2 cm³/mol. The third kappa shape index (κ3) is 2.12. The second-order valence-corrected chi connectivity index (χ2v) is 4.54. The number of aromatic nitrogens is 1. The van der Waals surface area contributed by atoms with Crippen LogP contribution in [0.1, 0.15) is 5.56 Å². The van der Waals surface area contributed by atoms with Gasteiger partial charge in [0.1, 0.15) is 5.01 Å². The number of nitrogens with zero attached hydrogens (tertiary/aromatic N) is 1. The Morgan fingerprint density at radius 1 is 1.29 bits per heavy atom. The Balaban J connectivity index is 2.33. The van der Waals surface area contributed by atoms with Gasteiger partial charge in [-0.3, -0.25) is 0 Å². The summed E-state index contributed by atoms with van der Waals surface area (Å²) in [5, 5.41) is 0.500. The molecule has 1 aromatic heterocycles. The lowest BCUT2D eigenvalue weighted by Gasteiger charge is -1.97. The maximum atomic E-state index is 12.7. The Bertz CT molecular complexity index is 424. The minimum Gasteiger partial charge on any atom is -0.241 e. The topological polar surface area (TPSA) is 12.9 Å². The molecule has 0 N–H and O–H groups in total. The van der Waals surface area contributed by atoms with Crippen LogP contribution in [0.2, 0.25) is 0 Å². The summed E-state index contributed by atoms with van der Waals surface area (Å²) < 4.78 is 13.7. The molecule has 1 nitrogen and oxygen atoms in total. The van der Waals surface area contributed by atoms with Crippen LogP contribution in [0.25, 0.3) is 10.6 Å². The molecule has 0 aliphatic heterocycles. The normalized spacial score (nSPS) is 10.4. The standard InChI is InChI=1S/C10H7FINS/c11-9-6-13-10(14-9)8-3-1-7(5-12)2-4-8/h1-4,6H,5H2. The van der Waals surface area contributed by atoms with Gasteiger partial charge in [0.2, 0.25) is 0 Å². The predicted octanol–water partition coefficient (Wildman–Crippen LogP) is 3.88. The fraction of sp³-hybridized carbons (Fsp3) is 0.100. The Morgan fingerprint density at radius 2 is 2.00 bits per heavy atom. The van der Waals surface area contributed by atoms with Crippen molar-refractivity contribution in [1.29, 1.82) is 0 Å². The van der Waals surface area contributed by atoms with Crippen LogP contribution in [-0.2, 0) is 4.43 Å². The Labute approximate surface area is 99.1 Å². The molecule has 0 aliphatic rings. The highest BCUT2D eigenvalue weighted by Crippen LogP contribution is 2.24. The van der Waals surface area contributed by atoms with Crippen LogP contribution in [0.15, 0.2) is 30.5 Å². The summed E-state index contributed by atoms with van der Waals surface area (Å²) in [6, 6.07) is 8.04. The second-order valence-electron chi connectivity index (χ2n) is 2.80. The SMILES string of the molecule is Fc1cnc(-c2ccc(CI)cc2)s1. The van der Waals surface area contributed by atoms with Gasteiger partial charge in [0.05, 0.1) is 6.20 Å². The minimum atomic E-state index is -0.238. The van der Waals surface area contributed by atoms with Crippen LogP contribution in [0.5, 0.6) is 0 Å². The Kier molecular flexibility index (Phi) is 3.12. The molecule has 0 fully saturated rings. The third-order valence-electron chi connectivity index (χ3n) is 1.83. The highest BCUT2D eigenvalue weighted by molar-refractivity contribution is 14.1. The van der Waals surface area contributed by atoms with Crippen molar-refractivity contribution < 1.29 is 4.39 Å². The fourth-order valence-corrected chi connectivity index (χ4v) is 2.28. The van der Waals surface area contributed by atoms with Gasteiger partial charge in [0.25, 0.3) is 0 Å². The van der Waals surface area contributed by atoms with E-state index in [1.54, 1.807) is 0 Å². The number of rotatable bonds is 2. The summed E-state index contributed by atoms with van der Waals surface area (Å²) in [5.74, 6) is 0. The number of halogens is 2. The zero-order chi connectivity index (χ0) is 9.97. The quantitative estimate of drug-likeness (QED) is 0.605. The molecule has 0 amide bonds. The first-order chi connectivity index (χ1) is 6.79. The molecule has 0 saturated heterocycles. The van der Waals surface area contributed by atoms with Gasteiger partial charge in [-0.15, -0.1) is 0 Å². The van der Waals surface area contributed by atoms with Gasteiger partial charge in [-0.1, -0.05) is 58.2 Å². The summed E-state index contributed by atoms with van der Waals surface area (Å²) >= 11 is 3.39. The Morgan fingerprint density at radius 3 is 2.50 bits per heavy atom. The van der Waals surface area contributed by atoms with E-state index in [1.165, 1.54) is 11.8 Å². The van der Waals surface area contributed by atoms with Gasteiger partial charge in [-0.2, -0.15) is 4.39 Å². The molecule has 4 heteroatoms. The molecule has 0 radical (unpaired) electrons. The average molecular weight is 319 g/mol. The number of benzene rings is 1. The van der Waals surface area contributed by atoms with E-state index >= 15 is 0 Å². The zero-order valence-electron chi connectivity index (χ0n) is 7.21. The van der Waals surface area contributed by atoms with Crippen molar-refractivity contribution in [3.05, 3.63) is 41.2 Å². The molecule has 0 unspecified atom stereocenters. The highest BCUT2D eigenvalue weighted by atomic mass is 127. The number of hydrogen-bond donors (Lipinski definition) is 0. The lowest BCUT2D eigenvalue weighted by Crippen LogP contribution is -1.78. The van der Waals surface area contributed by atoms with Gasteiger partial charge >= 0.3 is 0 Å². The first-order valence-electron chi connectivity index (χ1n) is 4.06. The van der Waals surface area contributed by atoms with E-state index in [1.807, 2.05) is 24.3 Å². The molecule has 14 heavy (non-hydrogen) atoms. The lowest BCUT2D eigenvalue weighted by atomic mass is 10.2. The van der Waals surface area contributed by atoms with Crippen LogP contribution in [-0.4, -0.2) is 4.98 Å². The molecule has 2 aromatic rings. The molecule has 72 valence electrons. The largest absolute Gasteiger partial charge is 0.241 e. The third-order valence-corrected chi connectivity index (χ3v) is 3.55.